The second-order valence-electron chi connectivity index (χ2n) is 7.52. The van der Waals surface area contributed by atoms with Crippen LogP contribution in [0.5, 0.6) is 0 Å². The zero-order valence-corrected chi connectivity index (χ0v) is 16.1. The summed E-state index contributed by atoms with van der Waals surface area (Å²) < 4.78 is 1.78. The summed E-state index contributed by atoms with van der Waals surface area (Å²) in [4.78, 5) is 13.6. The summed E-state index contributed by atoms with van der Waals surface area (Å²) in [6.07, 6.45) is 7.27. The molecule has 0 amide bonds. The highest BCUT2D eigenvalue weighted by Gasteiger charge is 2.27. The van der Waals surface area contributed by atoms with E-state index >= 15 is 0 Å². The SMILES string of the molecule is CN=C(NCc1cccc(-n2cncn2)c1)N1CCC(CN2CCCC2)C1. The highest BCUT2D eigenvalue weighted by Crippen LogP contribution is 2.20. The van der Waals surface area contributed by atoms with Crippen LogP contribution in [0.2, 0.25) is 0 Å². The third-order valence-corrected chi connectivity index (χ3v) is 5.56. The number of nitrogens with zero attached hydrogens (tertiary/aromatic N) is 6. The van der Waals surface area contributed by atoms with Gasteiger partial charge in [-0.2, -0.15) is 5.10 Å². The van der Waals surface area contributed by atoms with Crippen molar-refractivity contribution in [1.82, 2.24) is 29.9 Å². The second-order valence-corrected chi connectivity index (χ2v) is 7.52. The second kappa shape index (κ2) is 8.52. The van der Waals surface area contributed by atoms with Crippen molar-refractivity contribution >= 4 is 5.96 Å². The fourth-order valence-electron chi connectivity index (χ4n) is 4.17. The van der Waals surface area contributed by atoms with Crippen LogP contribution < -0.4 is 5.32 Å². The van der Waals surface area contributed by atoms with Crippen molar-refractivity contribution in [2.45, 2.75) is 25.8 Å². The van der Waals surface area contributed by atoms with E-state index in [4.69, 9.17) is 0 Å². The molecule has 2 saturated heterocycles. The number of nitrogens with one attached hydrogen (secondary N) is 1. The summed E-state index contributed by atoms with van der Waals surface area (Å²) in [6.45, 7) is 6.76. The molecule has 1 aromatic heterocycles. The van der Waals surface area contributed by atoms with Crippen LogP contribution in [0, 0.1) is 5.92 Å². The minimum Gasteiger partial charge on any atom is -0.352 e. The van der Waals surface area contributed by atoms with Gasteiger partial charge in [0, 0.05) is 33.2 Å². The topological polar surface area (TPSA) is 61.6 Å². The number of likely N-dealkylation sites (tertiary alicyclic amines) is 2. The van der Waals surface area contributed by atoms with Gasteiger partial charge in [-0.15, -0.1) is 0 Å². The van der Waals surface area contributed by atoms with Crippen LogP contribution in [0.15, 0.2) is 41.9 Å². The van der Waals surface area contributed by atoms with Crippen molar-refractivity contribution in [1.29, 1.82) is 0 Å². The van der Waals surface area contributed by atoms with Crippen LogP contribution in [0.4, 0.5) is 0 Å². The van der Waals surface area contributed by atoms with Crippen molar-refractivity contribution in [2.75, 3.05) is 39.8 Å². The van der Waals surface area contributed by atoms with Crippen molar-refractivity contribution in [3.8, 4) is 5.69 Å². The first-order chi connectivity index (χ1) is 13.3. The zero-order chi connectivity index (χ0) is 18.5. The van der Waals surface area contributed by atoms with E-state index in [9.17, 15) is 0 Å². The van der Waals surface area contributed by atoms with Gasteiger partial charge in [-0.3, -0.25) is 4.99 Å². The lowest BCUT2D eigenvalue weighted by atomic mass is 10.1. The summed E-state index contributed by atoms with van der Waals surface area (Å²) >= 11 is 0. The van der Waals surface area contributed by atoms with E-state index in [-0.39, 0.29) is 0 Å². The van der Waals surface area contributed by atoms with E-state index in [0.717, 1.165) is 37.2 Å². The Hall–Kier alpha value is -2.41. The highest BCUT2D eigenvalue weighted by molar-refractivity contribution is 5.80. The Morgan fingerprint density at radius 3 is 2.93 bits per heavy atom. The maximum atomic E-state index is 4.51. The summed E-state index contributed by atoms with van der Waals surface area (Å²) in [5.74, 6) is 1.77. The number of aliphatic imine (C=N–C) groups is 1. The number of rotatable bonds is 5. The summed E-state index contributed by atoms with van der Waals surface area (Å²) in [7, 11) is 1.88. The number of hydrogen-bond acceptors (Lipinski definition) is 4. The van der Waals surface area contributed by atoms with E-state index < -0.39 is 0 Å². The summed E-state index contributed by atoms with van der Waals surface area (Å²) in [5.41, 5.74) is 2.23. The molecule has 1 N–H and O–H groups in total. The van der Waals surface area contributed by atoms with Crippen molar-refractivity contribution in [3.05, 3.63) is 42.5 Å². The molecule has 7 nitrogen and oxygen atoms in total. The van der Waals surface area contributed by atoms with Crippen LogP contribution in [0.3, 0.4) is 0 Å². The Bertz CT molecular complexity index is 749. The van der Waals surface area contributed by atoms with Gasteiger partial charge in [0.25, 0.3) is 0 Å². The molecule has 0 radical (unpaired) electrons. The van der Waals surface area contributed by atoms with E-state index in [0.29, 0.717) is 0 Å². The molecule has 144 valence electrons. The Morgan fingerprint density at radius 1 is 1.26 bits per heavy atom. The molecule has 2 aromatic rings. The minimum absolute atomic E-state index is 0.752. The Kier molecular flexibility index (Phi) is 5.67. The average molecular weight is 368 g/mol. The molecule has 2 fully saturated rings. The minimum atomic E-state index is 0.752. The molecule has 27 heavy (non-hydrogen) atoms. The van der Waals surface area contributed by atoms with E-state index in [2.05, 4.69) is 48.4 Å². The molecule has 3 heterocycles. The Morgan fingerprint density at radius 2 is 2.15 bits per heavy atom. The van der Waals surface area contributed by atoms with E-state index in [1.165, 1.54) is 44.5 Å². The molecule has 0 bridgehead atoms. The lowest BCUT2D eigenvalue weighted by Gasteiger charge is -2.23. The van der Waals surface area contributed by atoms with Gasteiger partial charge in [0.15, 0.2) is 5.96 Å². The van der Waals surface area contributed by atoms with Gasteiger partial charge in [-0.25, -0.2) is 9.67 Å². The van der Waals surface area contributed by atoms with Crippen LogP contribution in [-0.2, 0) is 6.54 Å². The van der Waals surface area contributed by atoms with E-state index in [1.807, 2.05) is 13.1 Å². The van der Waals surface area contributed by atoms with Gasteiger partial charge in [-0.05, 0) is 56.0 Å². The first-order valence-corrected chi connectivity index (χ1v) is 9.94. The van der Waals surface area contributed by atoms with Crippen molar-refractivity contribution in [3.63, 3.8) is 0 Å². The molecule has 0 spiro atoms. The molecule has 0 saturated carbocycles. The predicted molar refractivity (Wildman–Crippen MR) is 107 cm³/mol. The van der Waals surface area contributed by atoms with Crippen molar-refractivity contribution in [2.24, 2.45) is 10.9 Å². The largest absolute Gasteiger partial charge is 0.352 e. The molecule has 1 atom stereocenters. The third-order valence-electron chi connectivity index (χ3n) is 5.56. The Labute approximate surface area is 161 Å². The first-order valence-electron chi connectivity index (χ1n) is 9.94. The summed E-state index contributed by atoms with van der Waals surface area (Å²) in [5, 5.41) is 7.73. The molecular weight excluding hydrogens is 338 g/mol. The lowest BCUT2D eigenvalue weighted by Crippen LogP contribution is -2.40. The van der Waals surface area contributed by atoms with E-state index in [1.54, 1.807) is 17.3 Å². The fourth-order valence-corrected chi connectivity index (χ4v) is 4.17. The van der Waals surface area contributed by atoms with Gasteiger partial charge < -0.3 is 15.1 Å². The summed E-state index contributed by atoms with van der Waals surface area (Å²) in [6, 6.07) is 8.35. The Balaban J connectivity index is 1.31. The molecule has 2 aliphatic heterocycles. The molecule has 7 heteroatoms. The number of benzene rings is 1. The quantitative estimate of drug-likeness (QED) is 0.645. The maximum absolute atomic E-state index is 4.51. The third kappa shape index (κ3) is 4.47. The van der Waals surface area contributed by atoms with Crippen molar-refractivity contribution < 1.29 is 0 Å². The van der Waals surface area contributed by atoms with Crippen LogP contribution in [0.1, 0.15) is 24.8 Å². The monoisotopic (exact) mass is 367 g/mol. The fraction of sp³-hybridized carbons (Fsp3) is 0.550. The highest BCUT2D eigenvalue weighted by atomic mass is 15.3. The van der Waals surface area contributed by atoms with Crippen LogP contribution in [0.25, 0.3) is 5.69 Å². The maximum Gasteiger partial charge on any atom is 0.193 e. The van der Waals surface area contributed by atoms with Gasteiger partial charge in [0.05, 0.1) is 5.69 Å². The number of guanidine groups is 1. The molecule has 2 aliphatic rings. The molecule has 4 rings (SSSR count). The average Bonchev–Trinajstić information content (AvgIpc) is 3.46. The van der Waals surface area contributed by atoms with Gasteiger partial charge in [0.1, 0.15) is 12.7 Å². The standard InChI is InChI=1S/C20H29N7/c1-21-20(26-10-7-18(14-26)13-25-8-2-3-9-25)23-12-17-5-4-6-19(11-17)27-16-22-15-24-27/h4-6,11,15-16,18H,2-3,7-10,12-14H2,1H3,(H,21,23). The van der Waals surface area contributed by atoms with Gasteiger partial charge >= 0.3 is 0 Å². The molecule has 0 aliphatic carbocycles. The van der Waals surface area contributed by atoms with Gasteiger partial charge in [-0.1, -0.05) is 12.1 Å². The van der Waals surface area contributed by atoms with Crippen LogP contribution in [-0.4, -0.2) is 70.3 Å². The smallest absolute Gasteiger partial charge is 0.193 e. The first kappa shape index (κ1) is 18.0. The predicted octanol–water partition coefficient (Wildman–Crippen LogP) is 1.76. The number of aromatic nitrogens is 3. The zero-order valence-electron chi connectivity index (χ0n) is 16.1. The molecular formula is C20H29N7. The molecule has 1 aromatic carbocycles. The molecule has 1 unspecified atom stereocenters. The normalized spacial score (nSPS) is 21.1. The number of hydrogen-bond donors (Lipinski definition) is 1. The lowest BCUT2D eigenvalue weighted by molar-refractivity contribution is 0.281. The van der Waals surface area contributed by atoms with Gasteiger partial charge in [0.2, 0.25) is 0 Å². The van der Waals surface area contributed by atoms with Crippen LogP contribution >= 0.6 is 0 Å².